The van der Waals surface area contributed by atoms with Crippen molar-refractivity contribution in [3.63, 3.8) is 0 Å². The average molecular weight is 348 g/mol. The number of likely N-dealkylation sites (N-methyl/N-ethyl adjacent to an activating group) is 1. The summed E-state index contributed by atoms with van der Waals surface area (Å²) >= 11 is 0. The first-order chi connectivity index (χ1) is 11.6. The zero-order valence-electron chi connectivity index (χ0n) is 17.0. The van der Waals surface area contributed by atoms with Crippen molar-refractivity contribution in [3.05, 3.63) is 29.8 Å². The fraction of sp³-hybridized carbons (Fsp3) is 0.632. The minimum absolute atomic E-state index is 0.0785. The molecular formula is C19H33BN2O3. The van der Waals surface area contributed by atoms with Gasteiger partial charge in [0.05, 0.1) is 11.2 Å². The molecule has 1 aromatic rings. The Balaban J connectivity index is 0.00000151. The van der Waals surface area contributed by atoms with Crippen LogP contribution in [0.2, 0.25) is 0 Å². The third kappa shape index (κ3) is 5.56. The minimum atomic E-state index is -0.450. The van der Waals surface area contributed by atoms with Crippen LogP contribution in [0.1, 0.15) is 51.9 Å². The standard InChI is InChI=1S/C17H27BN2O3.C2H6/c1-16(2)17(3,4)23-18(22-16)14-9-7-8-13(12-14)15(21)19-10-11-20(5)6;1-2/h7-9,12H,10-11H2,1-6H3,(H,19,21);1-2H3. The fourth-order valence-electron chi connectivity index (χ4n) is 2.30. The van der Waals surface area contributed by atoms with Crippen molar-refractivity contribution in [1.29, 1.82) is 0 Å². The smallest absolute Gasteiger partial charge is 0.399 e. The summed E-state index contributed by atoms with van der Waals surface area (Å²) in [6, 6.07) is 7.44. The summed E-state index contributed by atoms with van der Waals surface area (Å²) < 4.78 is 12.1. The molecule has 0 aromatic heterocycles. The van der Waals surface area contributed by atoms with E-state index >= 15 is 0 Å². The number of nitrogens with one attached hydrogen (secondary N) is 1. The van der Waals surface area contributed by atoms with E-state index in [1.807, 2.05) is 78.7 Å². The molecule has 5 nitrogen and oxygen atoms in total. The molecule has 1 N–H and O–H groups in total. The van der Waals surface area contributed by atoms with Crippen LogP contribution in [-0.2, 0) is 9.31 Å². The van der Waals surface area contributed by atoms with Crippen molar-refractivity contribution in [2.45, 2.75) is 52.7 Å². The topological polar surface area (TPSA) is 50.8 Å². The van der Waals surface area contributed by atoms with E-state index < -0.39 is 7.12 Å². The summed E-state index contributed by atoms with van der Waals surface area (Å²) in [5.74, 6) is -0.0785. The van der Waals surface area contributed by atoms with E-state index in [-0.39, 0.29) is 17.1 Å². The third-order valence-electron chi connectivity index (χ3n) is 4.52. The highest BCUT2D eigenvalue weighted by atomic mass is 16.7. The molecule has 140 valence electrons. The molecule has 0 atom stereocenters. The molecule has 0 bridgehead atoms. The summed E-state index contributed by atoms with van der Waals surface area (Å²) in [5, 5.41) is 2.92. The highest BCUT2D eigenvalue weighted by molar-refractivity contribution is 6.62. The van der Waals surface area contributed by atoms with Gasteiger partial charge < -0.3 is 19.5 Å². The Hall–Kier alpha value is -1.37. The van der Waals surface area contributed by atoms with Crippen LogP contribution in [0.4, 0.5) is 0 Å². The zero-order chi connectivity index (χ0) is 19.3. The third-order valence-corrected chi connectivity index (χ3v) is 4.52. The number of benzene rings is 1. The van der Waals surface area contributed by atoms with Crippen molar-refractivity contribution in [2.24, 2.45) is 0 Å². The molecule has 6 heteroatoms. The van der Waals surface area contributed by atoms with Gasteiger partial charge in [-0.1, -0.05) is 26.0 Å². The molecule has 0 spiro atoms. The van der Waals surface area contributed by atoms with Crippen molar-refractivity contribution >= 4 is 18.5 Å². The first kappa shape index (κ1) is 21.7. The number of nitrogens with zero attached hydrogens (tertiary/aromatic N) is 1. The predicted molar refractivity (Wildman–Crippen MR) is 104 cm³/mol. The SMILES string of the molecule is CC.CN(C)CCNC(=O)c1cccc(B2OC(C)(C)C(C)(C)O2)c1. The van der Waals surface area contributed by atoms with Crippen LogP contribution >= 0.6 is 0 Å². The molecular weight excluding hydrogens is 315 g/mol. The Bertz CT molecular complexity index is 558. The molecule has 1 amide bonds. The zero-order valence-corrected chi connectivity index (χ0v) is 17.0. The van der Waals surface area contributed by atoms with Gasteiger partial charge >= 0.3 is 7.12 Å². The number of rotatable bonds is 5. The van der Waals surface area contributed by atoms with Gasteiger partial charge in [0.1, 0.15) is 0 Å². The van der Waals surface area contributed by atoms with Crippen LogP contribution in [-0.4, -0.2) is 56.3 Å². The van der Waals surface area contributed by atoms with Gasteiger partial charge in [-0.2, -0.15) is 0 Å². The lowest BCUT2D eigenvalue weighted by Crippen LogP contribution is -2.41. The van der Waals surface area contributed by atoms with Crippen molar-refractivity contribution < 1.29 is 14.1 Å². The maximum absolute atomic E-state index is 12.2. The molecule has 1 aromatic carbocycles. The molecule has 0 aliphatic carbocycles. The number of carbonyl (C=O) groups is 1. The van der Waals surface area contributed by atoms with Crippen LogP contribution < -0.4 is 10.8 Å². The van der Waals surface area contributed by atoms with E-state index in [4.69, 9.17) is 9.31 Å². The van der Waals surface area contributed by atoms with Gasteiger partial charge in [0, 0.05) is 18.7 Å². The summed E-state index contributed by atoms with van der Waals surface area (Å²) in [4.78, 5) is 14.3. The molecule has 1 aliphatic heterocycles. The maximum atomic E-state index is 12.2. The van der Waals surface area contributed by atoms with Gasteiger partial charge in [0.15, 0.2) is 0 Å². The number of hydrogen-bond acceptors (Lipinski definition) is 4. The van der Waals surface area contributed by atoms with Gasteiger partial charge in [0.2, 0.25) is 0 Å². The Kier molecular flexibility index (Phi) is 7.66. The molecule has 1 aliphatic rings. The molecule has 0 radical (unpaired) electrons. The summed E-state index contributed by atoms with van der Waals surface area (Å²) in [7, 11) is 3.50. The normalized spacial score (nSPS) is 17.9. The van der Waals surface area contributed by atoms with Crippen LogP contribution in [0.3, 0.4) is 0 Å². The van der Waals surface area contributed by atoms with Gasteiger partial charge in [-0.3, -0.25) is 4.79 Å². The van der Waals surface area contributed by atoms with Crippen LogP contribution in [0.25, 0.3) is 0 Å². The van der Waals surface area contributed by atoms with Crippen LogP contribution in [0.5, 0.6) is 0 Å². The Morgan fingerprint density at radius 1 is 1.12 bits per heavy atom. The van der Waals surface area contributed by atoms with Gasteiger partial charge in [-0.25, -0.2) is 0 Å². The summed E-state index contributed by atoms with van der Waals surface area (Å²) in [5.41, 5.74) is 0.711. The summed E-state index contributed by atoms with van der Waals surface area (Å²) in [6.07, 6.45) is 0. The number of carbonyl (C=O) groups excluding carboxylic acids is 1. The second-order valence-corrected chi connectivity index (χ2v) is 7.27. The minimum Gasteiger partial charge on any atom is -0.399 e. The van der Waals surface area contributed by atoms with E-state index in [9.17, 15) is 4.79 Å². The van der Waals surface area contributed by atoms with E-state index in [0.29, 0.717) is 12.1 Å². The fourth-order valence-corrected chi connectivity index (χ4v) is 2.30. The predicted octanol–water partition coefficient (Wildman–Crippen LogP) is 2.30. The van der Waals surface area contributed by atoms with E-state index in [1.54, 1.807) is 6.07 Å². The Morgan fingerprint density at radius 2 is 1.68 bits per heavy atom. The first-order valence-electron chi connectivity index (χ1n) is 9.01. The second kappa shape index (κ2) is 8.83. The molecule has 0 unspecified atom stereocenters. The van der Waals surface area contributed by atoms with Gasteiger partial charge in [-0.05, 0) is 59.4 Å². The molecule has 25 heavy (non-hydrogen) atoms. The Labute approximate surface area is 153 Å². The monoisotopic (exact) mass is 348 g/mol. The molecule has 1 saturated heterocycles. The highest BCUT2D eigenvalue weighted by Gasteiger charge is 2.51. The van der Waals surface area contributed by atoms with E-state index in [2.05, 4.69) is 5.32 Å². The first-order valence-corrected chi connectivity index (χ1v) is 9.01. The lowest BCUT2D eigenvalue weighted by atomic mass is 9.78. The maximum Gasteiger partial charge on any atom is 0.494 e. The summed E-state index contributed by atoms with van der Waals surface area (Å²) in [6.45, 7) is 13.5. The highest BCUT2D eigenvalue weighted by Crippen LogP contribution is 2.36. The van der Waals surface area contributed by atoms with Crippen molar-refractivity contribution in [1.82, 2.24) is 10.2 Å². The average Bonchev–Trinajstić information content (AvgIpc) is 2.77. The molecule has 2 rings (SSSR count). The number of amides is 1. The van der Waals surface area contributed by atoms with Crippen LogP contribution in [0, 0.1) is 0 Å². The quantitative estimate of drug-likeness (QED) is 0.830. The second-order valence-electron chi connectivity index (χ2n) is 7.27. The molecule has 0 saturated carbocycles. The lowest BCUT2D eigenvalue weighted by Gasteiger charge is -2.32. The Morgan fingerprint density at radius 3 is 2.20 bits per heavy atom. The largest absolute Gasteiger partial charge is 0.494 e. The lowest BCUT2D eigenvalue weighted by molar-refractivity contribution is 0.00578. The van der Waals surface area contributed by atoms with Crippen molar-refractivity contribution in [2.75, 3.05) is 27.2 Å². The van der Waals surface area contributed by atoms with Crippen molar-refractivity contribution in [3.8, 4) is 0 Å². The number of hydrogen-bond donors (Lipinski definition) is 1. The molecule has 1 fully saturated rings. The van der Waals surface area contributed by atoms with Gasteiger partial charge in [-0.15, -0.1) is 0 Å². The van der Waals surface area contributed by atoms with E-state index in [1.165, 1.54) is 0 Å². The van der Waals surface area contributed by atoms with E-state index in [0.717, 1.165) is 12.0 Å². The van der Waals surface area contributed by atoms with Crippen LogP contribution in [0.15, 0.2) is 24.3 Å². The molecule has 1 heterocycles. The van der Waals surface area contributed by atoms with Gasteiger partial charge in [0.25, 0.3) is 5.91 Å².